The highest BCUT2D eigenvalue weighted by Gasteiger charge is 2.17. The predicted octanol–water partition coefficient (Wildman–Crippen LogP) is 3.26. The van der Waals surface area contributed by atoms with Crippen LogP contribution in [0.5, 0.6) is 0 Å². The Bertz CT molecular complexity index is 391. The van der Waals surface area contributed by atoms with Crippen molar-refractivity contribution < 1.29 is 4.79 Å². The van der Waals surface area contributed by atoms with Gasteiger partial charge in [-0.05, 0) is 44.8 Å². The standard InChI is InChI=1S/C9H8Br2N2OS/c1-2-13(4-3-12)9(14)7-5-6(10)8(11)15-7/h5H,2,4H2,1H3. The summed E-state index contributed by atoms with van der Waals surface area (Å²) in [6, 6.07) is 3.74. The molecule has 0 aliphatic rings. The molecule has 0 unspecified atom stereocenters. The van der Waals surface area contributed by atoms with Crippen molar-refractivity contribution in [3.8, 4) is 6.07 Å². The number of rotatable bonds is 3. The van der Waals surface area contributed by atoms with Crippen LogP contribution >= 0.6 is 43.2 Å². The van der Waals surface area contributed by atoms with Gasteiger partial charge in [-0.2, -0.15) is 5.26 Å². The molecule has 0 radical (unpaired) electrons. The lowest BCUT2D eigenvalue weighted by atomic mass is 10.4. The SMILES string of the molecule is CCN(CC#N)C(=O)c1cc(Br)c(Br)s1. The quantitative estimate of drug-likeness (QED) is 0.784. The number of hydrogen-bond acceptors (Lipinski definition) is 3. The molecular formula is C9H8Br2N2OS. The molecule has 80 valence electrons. The highest BCUT2D eigenvalue weighted by molar-refractivity contribution is 9.13. The second-order valence-electron chi connectivity index (χ2n) is 2.71. The summed E-state index contributed by atoms with van der Waals surface area (Å²) in [5, 5.41) is 8.56. The van der Waals surface area contributed by atoms with Crippen LogP contribution in [0.1, 0.15) is 16.6 Å². The second-order valence-corrected chi connectivity index (χ2v) is 5.93. The fourth-order valence-corrected chi connectivity index (χ4v) is 3.02. The molecule has 1 aromatic heterocycles. The van der Waals surface area contributed by atoms with Gasteiger partial charge in [-0.25, -0.2) is 0 Å². The summed E-state index contributed by atoms with van der Waals surface area (Å²) in [5.74, 6) is -0.101. The number of thiophene rings is 1. The van der Waals surface area contributed by atoms with Gasteiger partial charge in [0.2, 0.25) is 0 Å². The third-order valence-electron chi connectivity index (χ3n) is 1.79. The number of halogens is 2. The van der Waals surface area contributed by atoms with Crippen LogP contribution in [0, 0.1) is 11.3 Å². The van der Waals surface area contributed by atoms with Crippen molar-refractivity contribution in [2.45, 2.75) is 6.92 Å². The molecule has 0 saturated heterocycles. The van der Waals surface area contributed by atoms with Crippen LogP contribution in [-0.2, 0) is 0 Å². The van der Waals surface area contributed by atoms with E-state index in [0.717, 1.165) is 8.26 Å². The molecule has 1 heterocycles. The molecule has 15 heavy (non-hydrogen) atoms. The molecule has 0 saturated carbocycles. The van der Waals surface area contributed by atoms with Gasteiger partial charge >= 0.3 is 0 Å². The summed E-state index contributed by atoms with van der Waals surface area (Å²) < 4.78 is 1.75. The molecule has 1 amide bonds. The maximum atomic E-state index is 11.9. The van der Waals surface area contributed by atoms with E-state index in [4.69, 9.17) is 5.26 Å². The number of nitrogens with zero attached hydrogens (tertiary/aromatic N) is 2. The summed E-state index contributed by atoms with van der Waals surface area (Å²) in [5.41, 5.74) is 0. The molecule has 0 aliphatic heterocycles. The van der Waals surface area contributed by atoms with Gasteiger partial charge in [0.05, 0.1) is 14.7 Å². The van der Waals surface area contributed by atoms with E-state index in [1.54, 1.807) is 6.07 Å². The minimum Gasteiger partial charge on any atom is -0.325 e. The molecule has 0 spiro atoms. The third kappa shape index (κ3) is 3.03. The van der Waals surface area contributed by atoms with Crippen molar-refractivity contribution in [3.63, 3.8) is 0 Å². The van der Waals surface area contributed by atoms with E-state index in [0.29, 0.717) is 11.4 Å². The Balaban J connectivity index is 2.88. The first-order valence-electron chi connectivity index (χ1n) is 4.21. The van der Waals surface area contributed by atoms with Crippen molar-refractivity contribution in [3.05, 3.63) is 19.2 Å². The molecule has 0 fully saturated rings. The van der Waals surface area contributed by atoms with Gasteiger partial charge in [-0.1, -0.05) is 0 Å². The summed E-state index contributed by atoms with van der Waals surface area (Å²) in [7, 11) is 0. The highest BCUT2D eigenvalue weighted by Crippen LogP contribution is 2.32. The normalized spacial score (nSPS) is 9.73. The van der Waals surface area contributed by atoms with Gasteiger partial charge in [0, 0.05) is 11.0 Å². The van der Waals surface area contributed by atoms with Gasteiger partial charge < -0.3 is 4.90 Å². The molecule has 6 heteroatoms. The predicted molar refractivity (Wildman–Crippen MR) is 66.9 cm³/mol. The van der Waals surface area contributed by atoms with E-state index in [2.05, 4.69) is 31.9 Å². The zero-order valence-electron chi connectivity index (χ0n) is 7.96. The molecule has 0 bridgehead atoms. The van der Waals surface area contributed by atoms with Crippen LogP contribution in [-0.4, -0.2) is 23.9 Å². The zero-order chi connectivity index (χ0) is 11.4. The minimum atomic E-state index is -0.101. The van der Waals surface area contributed by atoms with E-state index < -0.39 is 0 Å². The molecule has 1 aromatic rings. The largest absolute Gasteiger partial charge is 0.325 e. The third-order valence-corrected chi connectivity index (χ3v) is 5.03. The molecule has 0 N–H and O–H groups in total. The van der Waals surface area contributed by atoms with E-state index >= 15 is 0 Å². The summed E-state index contributed by atoms with van der Waals surface area (Å²) in [4.78, 5) is 14.0. The Morgan fingerprint density at radius 1 is 1.67 bits per heavy atom. The Morgan fingerprint density at radius 2 is 2.33 bits per heavy atom. The van der Waals surface area contributed by atoms with Crippen molar-refractivity contribution in [1.82, 2.24) is 4.90 Å². The first-order chi connectivity index (χ1) is 7.10. The summed E-state index contributed by atoms with van der Waals surface area (Å²) in [6.45, 7) is 2.52. The molecular weight excluding hydrogens is 344 g/mol. The molecule has 3 nitrogen and oxygen atoms in total. The van der Waals surface area contributed by atoms with Crippen molar-refractivity contribution in [1.29, 1.82) is 5.26 Å². The van der Waals surface area contributed by atoms with Crippen LogP contribution in [0.4, 0.5) is 0 Å². The maximum absolute atomic E-state index is 11.9. The van der Waals surface area contributed by atoms with E-state index in [1.165, 1.54) is 16.2 Å². The molecule has 0 aliphatic carbocycles. The van der Waals surface area contributed by atoms with Crippen LogP contribution < -0.4 is 0 Å². The zero-order valence-corrected chi connectivity index (χ0v) is 11.9. The van der Waals surface area contributed by atoms with Gasteiger partial charge in [0.15, 0.2) is 0 Å². The van der Waals surface area contributed by atoms with Gasteiger partial charge in [-0.15, -0.1) is 11.3 Å². The van der Waals surface area contributed by atoms with Crippen molar-refractivity contribution in [2.24, 2.45) is 0 Å². The van der Waals surface area contributed by atoms with Gasteiger partial charge in [-0.3, -0.25) is 4.79 Å². The first-order valence-corrected chi connectivity index (χ1v) is 6.61. The average molecular weight is 352 g/mol. The minimum absolute atomic E-state index is 0.101. The molecule has 0 atom stereocenters. The van der Waals surface area contributed by atoms with Crippen LogP contribution in [0.2, 0.25) is 0 Å². The van der Waals surface area contributed by atoms with Crippen LogP contribution in [0.3, 0.4) is 0 Å². The number of nitriles is 1. The van der Waals surface area contributed by atoms with Gasteiger partial charge in [0.25, 0.3) is 5.91 Å². The van der Waals surface area contributed by atoms with Crippen LogP contribution in [0.25, 0.3) is 0 Å². The van der Waals surface area contributed by atoms with E-state index in [1.807, 2.05) is 13.0 Å². The lowest BCUT2D eigenvalue weighted by Crippen LogP contribution is -2.30. The molecule has 1 rings (SSSR count). The second kappa shape index (κ2) is 5.64. The lowest BCUT2D eigenvalue weighted by Gasteiger charge is -2.15. The first kappa shape index (κ1) is 12.7. The number of carbonyl (C=O) groups is 1. The Kier molecular flexibility index (Phi) is 4.77. The molecule has 0 aromatic carbocycles. The van der Waals surface area contributed by atoms with Gasteiger partial charge in [0.1, 0.15) is 6.54 Å². The Labute approximate surface area is 109 Å². The smallest absolute Gasteiger partial charge is 0.264 e. The highest BCUT2D eigenvalue weighted by atomic mass is 79.9. The lowest BCUT2D eigenvalue weighted by molar-refractivity contribution is 0.0789. The Hall–Kier alpha value is -0.380. The number of hydrogen-bond donors (Lipinski definition) is 0. The summed E-state index contributed by atoms with van der Waals surface area (Å²) in [6.07, 6.45) is 0. The monoisotopic (exact) mass is 350 g/mol. The fraction of sp³-hybridized carbons (Fsp3) is 0.333. The fourth-order valence-electron chi connectivity index (χ4n) is 1.02. The maximum Gasteiger partial charge on any atom is 0.264 e. The van der Waals surface area contributed by atoms with E-state index in [-0.39, 0.29) is 12.5 Å². The van der Waals surface area contributed by atoms with Crippen LogP contribution in [0.15, 0.2) is 14.3 Å². The number of amides is 1. The van der Waals surface area contributed by atoms with E-state index in [9.17, 15) is 4.79 Å². The Morgan fingerprint density at radius 3 is 2.73 bits per heavy atom. The summed E-state index contributed by atoms with van der Waals surface area (Å²) >= 11 is 8.01. The topological polar surface area (TPSA) is 44.1 Å². The average Bonchev–Trinajstić information content (AvgIpc) is 2.55. The van der Waals surface area contributed by atoms with Crippen molar-refractivity contribution >= 4 is 49.1 Å². The number of carbonyl (C=O) groups excluding carboxylic acids is 1. The van der Waals surface area contributed by atoms with Crippen molar-refractivity contribution in [2.75, 3.05) is 13.1 Å².